The van der Waals surface area contributed by atoms with E-state index in [1.54, 1.807) is 0 Å². The summed E-state index contributed by atoms with van der Waals surface area (Å²) < 4.78 is 6.45. The fraction of sp³-hybridized carbons (Fsp3) is 0.167. The summed E-state index contributed by atoms with van der Waals surface area (Å²) in [6.07, 6.45) is 0. The number of rotatable bonds is 4. The van der Waals surface area contributed by atoms with Crippen LogP contribution in [0.1, 0.15) is 11.5 Å². The first-order chi connectivity index (χ1) is 8.67. The van der Waals surface area contributed by atoms with Gasteiger partial charge >= 0.3 is 0 Å². The molecule has 2 aromatic rings. The molecule has 0 saturated heterocycles. The molecule has 2 rings (SSSR count). The quantitative estimate of drug-likeness (QED) is 0.898. The Morgan fingerprint density at radius 2 is 2.22 bits per heavy atom. The lowest BCUT2D eigenvalue weighted by Gasteiger charge is -2.06. The molecule has 3 N–H and O–H groups in total. The van der Waals surface area contributed by atoms with E-state index in [0.717, 1.165) is 4.47 Å². The van der Waals surface area contributed by atoms with Crippen LogP contribution in [0.25, 0.3) is 0 Å². The molecule has 0 spiro atoms. The zero-order valence-corrected chi connectivity index (χ0v) is 11.1. The predicted molar refractivity (Wildman–Crippen MR) is 71.2 cm³/mol. The molecule has 0 aliphatic heterocycles. The maximum atomic E-state index is 11.3. The highest BCUT2D eigenvalue weighted by atomic mass is 79.9. The zero-order valence-electron chi connectivity index (χ0n) is 9.52. The van der Waals surface area contributed by atoms with Gasteiger partial charge < -0.3 is 15.5 Å². The summed E-state index contributed by atoms with van der Waals surface area (Å²) in [4.78, 5) is 18.1. The number of aromatic nitrogens is 2. The molecule has 6 heteroatoms. The van der Waals surface area contributed by atoms with Crippen LogP contribution in [0.4, 0.5) is 0 Å². The normalized spacial score (nSPS) is 10.3. The van der Waals surface area contributed by atoms with E-state index in [-0.39, 0.29) is 18.7 Å². The maximum Gasteiger partial charge on any atom is 0.251 e. The van der Waals surface area contributed by atoms with Crippen molar-refractivity contribution in [1.29, 1.82) is 0 Å². The van der Waals surface area contributed by atoms with Gasteiger partial charge in [-0.1, -0.05) is 22.0 Å². The number of nitrogens with two attached hydrogens (primary N) is 1. The molecule has 0 radical (unpaired) electrons. The van der Waals surface area contributed by atoms with Crippen molar-refractivity contribution >= 4 is 15.9 Å². The highest BCUT2D eigenvalue weighted by molar-refractivity contribution is 9.10. The standard InChI is InChI=1S/C12H12BrN3O2/c13-8-2-1-3-10(4-8)18-7-11-15-9(6-14)5-12(17)16-11/h1-5H,6-7,14H2,(H,15,16,17). The highest BCUT2D eigenvalue weighted by Crippen LogP contribution is 2.18. The fourth-order valence-electron chi connectivity index (χ4n) is 1.44. The van der Waals surface area contributed by atoms with Gasteiger partial charge in [-0.3, -0.25) is 4.79 Å². The van der Waals surface area contributed by atoms with Gasteiger partial charge in [-0.05, 0) is 18.2 Å². The summed E-state index contributed by atoms with van der Waals surface area (Å²) in [5.41, 5.74) is 5.78. The molecule has 1 aromatic heterocycles. The Balaban J connectivity index is 2.10. The van der Waals surface area contributed by atoms with Crippen molar-refractivity contribution in [2.75, 3.05) is 0 Å². The Kier molecular flexibility index (Phi) is 4.11. The molecule has 94 valence electrons. The van der Waals surface area contributed by atoms with Gasteiger partial charge in [0.25, 0.3) is 5.56 Å². The summed E-state index contributed by atoms with van der Waals surface area (Å²) in [7, 11) is 0. The average molecular weight is 310 g/mol. The molecule has 0 atom stereocenters. The lowest BCUT2D eigenvalue weighted by Crippen LogP contribution is -2.16. The van der Waals surface area contributed by atoms with Crippen LogP contribution >= 0.6 is 15.9 Å². The van der Waals surface area contributed by atoms with E-state index in [4.69, 9.17) is 10.5 Å². The predicted octanol–water partition coefficient (Wildman–Crippen LogP) is 1.57. The third kappa shape index (κ3) is 3.41. The van der Waals surface area contributed by atoms with Crippen LogP contribution in [0.3, 0.4) is 0 Å². The van der Waals surface area contributed by atoms with Gasteiger partial charge in [0.05, 0.1) is 5.69 Å². The summed E-state index contributed by atoms with van der Waals surface area (Å²) in [6.45, 7) is 0.424. The van der Waals surface area contributed by atoms with E-state index >= 15 is 0 Å². The molecule has 0 amide bonds. The second-order valence-corrected chi connectivity index (χ2v) is 4.55. The number of benzene rings is 1. The van der Waals surface area contributed by atoms with Crippen LogP contribution in [0.2, 0.25) is 0 Å². The smallest absolute Gasteiger partial charge is 0.251 e. The van der Waals surface area contributed by atoms with E-state index < -0.39 is 0 Å². The molecule has 1 heterocycles. The Bertz CT molecular complexity index is 598. The van der Waals surface area contributed by atoms with Crippen LogP contribution < -0.4 is 16.0 Å². The summed E-state index contributed by atoms with van der Waals surface area (Å²) >= 11 is 3.35. The monoisotopic (exact) mass is 309 g/mol. The fourth-order valence-corrected chi connectivity index (χ4v) is 1.82. The first-order valence-electron chi connectivity index (χ1n) is 5.35. The lowest BCUT2D eigenvalue weighted by molar-refractivity contribution is 0.294. The number of aromatic amines is 1. The zero-order chi connectivity index (χ0) is 13.0. The third-order valence-corrected chi connectivity index (χ3v) is 2.72. The van der Waals surface area contributed by atoms with Crippen molar-refractivity contribution in [1.82, 2.24) is 9.97 Å². The Morgan fingerprint density at radius 1 is 1.39 bits per heavy atom. The van der Waals surface area contributed by atoms with Gasteiger partial charge in [0, 0.05) is 17.1 Å². The highest BCUT2D eigenvalue weighted by Gasteiger charge is 2.02. The summed E-state index contributed by atoms with van der Waals surface area (Å²) in [6, 6.07) is 8.82. The molecule has 0 aliphatic carbocycles. The molecule has 0 saturated carbocycles. The number of hydrogen-bond acceptors (Lipinski definition) is 4. The van der Waals surface area contributed by atoms with Crippen molar-refractivity contribution in [3.8, 4) is 5.75 Å². The van der Waals surface area contributed by atoms with Crippen LogP contribution in [-0.4, -0.2) is 9.97 Å². The molecule has 5 nitrogen and oxygen atoms in total. The van der Waals surface area contributed by atoms with Gasteiger partial charge in [0.2, 0.25) is 0 Å². The van der Waals surface area contributed by atoms with Gasteiger partial charge in [-0.25, -0.2) is 4.98 Å². The minimum Gasteiger partial charge on any atom is -0.486 e. The molecule has 18 heavy (non-hydrogen) atoms. The molecular weight excluding hydrogens is 298 g/mol. The molecule has 0 fully saturated rings. The summed E-state index contributed by atoms with van der Waals surface area (Å²) in [5, 5.41) is 0. The van der Waals surface area contributed by atoms with Crippen molar-refractivity contribution < 1.29 is 4.74 Å². The van der Waals surface area contributed by atoms with Gasteiger partial charge in [-0.2, -0.15) is 0 Å². The van der Waals surface area contributed by atoms with Crippen molar-refractivity contribution in [3.63, 3.8) is 0 Å². The summed E-state index contributed by atoms with van der Waals surface area (Å²) in [5.74, 6) is 1.16. The molecular formula is C12H12BrN3O2. The van der Waals surface area contributed by atoms with E-state index in [9.17, 15) is 4.79 Å². The minimum atomic E-state index is -0.224. The second-order valence-electron chi connectivity index (χ2n) is 3.63. The maximum absolute atomic E-state index is 11.3. The van der Waals surface area contributed by atoms with E-state index in [2.05, 4.69) is 25.9 Å². The molecule has 0 unspecified atom stereocenters. The Morgan fingerprint density at radius 3 is 2.94 bits per heavy atom. The van der Waals surface area contributed by atoms with Crippen molar-refractivity contribution in [2.24, 2.45) is 5.73 Å². The van der Waals surface area contributed by atoms with Crippen LogP contribution in [0, 0.1) is 0 Å². The van der Waals surface area contributed by atoms with Crippen LogP contribution in [0.15, 0.2) is 39.6 Å². The number of nitrogens with zero attached hydrogens (tertiary/aromatic N) is 1. The van der Waals surface area contributed by atoms with Crippen LogP contribution in [0.5, 0.6) is 5.75 Å². The molecule has 0 aliphatic rings. The number of nitrogens with one attached hydrogen (secondary N) is 1. The van der Waals surface area contributed by atoms with Crippen molar-refractivity contribution in [2.45, 2.75) is 13.2 Å². The van der Waals surface area contributed by atoms with Gasteiger partial charge in [0.15, 0.2) is 0 Å². The third-order valence-electron chi connectivity index (χ3n) is 2.22. The van der Waals surface area contributed by atoms with Crippen LogP contribution in [-0.2, 0) is 13.2 Å². The minimum absolute atomic E-state index is 0.194. The molecule has 1 aromatic carbocycles. The molecule has 0 bridgehead atoms. The SMILES string of the molecule is NCc1cc(=O)[nH]c(COc2cccc(Br)c2)n1. The number of halogens is 1. The number of H-pyrrole nitrogens is 1. The average Bonchev–Trinajstić information content (AvgIpc) is 2.36. The van der Waals surface area contributed by atoms with Gasteiger partial charge in [-0.15, -0.1) is 0 Å². The first kappa shape index (κ1) is 12.8. The van der Waals surface area contributed by atoms with E-state index in [1.165, 1.54) is 6.07 Å². The van der Waals surface area contributed by atoms with Crippen molar-refractivity contribution in [3.05, 3.63) is 56.7 Å². The first-order valence-corrected chi connectivity index (χ1v) is 6.14. The topological polar surface area (TPSA) is 81.0 Å². The number of hydrogen-bond donors (Lipinski definition) is 2. The van der Waals surface area contributed by atoms with E-state index in [0.29, 0.717) is 17.3 Å². The Hall–Kier alpha value is -1.66. The van der Waals surface area contributed by atoms with E-state index in [1.807, 2.05) is 24.3 Å². The second kappa shape index (κ2) is 5.79. The Labute approximate surface area is 112 Å². The largest absolute Gasteiger partial charge is 0.486 e. The lowest BCUT2D eigenvalue weighted by atomic mass is 10.3. The van der Waals surface area contributed by atoms with Gasteiger partial charge in [0.1, 0.15) is 18.2 Å². The number of ether oxygens (including phenoxy) is 1.